The van der Waals surface area contributed by atoms with Crippen LogP contribution in [0.5, 0.6) is 0 Å². The summed E-state index contributed by atoms with van der Waals surface area (Å²) in [5, 5.41) is 13.3. The molecule has 0 saturated carbocycles. The first kappa shape index (κ1) is 14.2. The van der Waals surface area contributed by atoms with Gasteiger partial charge in [0, 0.05) is 6.07 Å². The van der Waals surface area contributed by atoms with Gasteiger partial charge in [-0.25, -0.2) is 4.98 Å². The van der Waals surface area contributed by atoms with E-state index in [-0.39, 0.29) is 23.2 Å². The van der Waals surface area contributed by atoms with E-state index in [0.29, 0.717) is 0 Å². The van der Waals surface area contributed by atoms with Crippen LogP contribution in [0.25, 0.3) is 0 Å². The predicted octanol–water partition coefficient (Wildman–Crippen LogP) is 0.885. The first-order valence-corrected chi connectivity index (χ1v) is 6.04. The Morgan fingerprint density at radius 2 is 2.10 bits per heavy atom. The lowest BCUT2D eigenvalue weighted by Crippen LogP contribution is -2.64. The average molecular weight is 299 g/mol. The molecule has 0 aromatic carbocycles. The number of carbonyl (C=O) groups is 2. The number of halogens is 1. The normalized spacial score (nSPS) is 17.9. The van der Waals surface area contributed by atoms with Crippen molar-refractivity contribution in [2.24, 2.45) is 0 Å². The Morgan fingerprint density at radius 1 is 1.45 bits per heavy atom. The van der Waals surface area contributed by atoms with Crippen molar-refractivity contribution in [2.45, 2.75) is 19.4 Å². The van der Waals surface area contributed by atoms with E-state index in [1.807, 2.05) is 0 Å². The largest absolute Gasteiger partial charge is 0.327 e. The average Bonchev–Trinajstić information content (AvgIpc) is 2.33. The van der Waals surface area contributed by atoms with Crippen LogP contribution in [0.2, 0.25) is 5.15 Å². The Balaban J connectivity index is 2.59. The molecule has 2 amide bonds. The van der Waals surface area contributed by atoms with E-state index < -0.39 is 22.3 Å². The molecule has 2 rings (SSSR count). The number of aromatic nitrogens is 1. The minimum atomic E-state index is -1.16. The number of hydrogen-bond donors (Lipinski definition) is 1. The van der Waals surface area contributed by atoms with Gasteiger partial charge in [-0.1, -0.05) is 11.6 Å². The minimum Gasteiger partial charge on any atom is -0.327 e. The van der Waals surface area contributed by atoms with Crippen LogP contribution >= 0.6 is 11.6 Å². The van der Waals surface area contributed by atoms with Gasteiger partial charge >= 0.3 is 5.69 Å². The molecule has 1 aliphatic heterocycles. The number of amides is 2. The summed E-state index contributed by atoms with van der Waals surface area (Å²) in [6.45, 7) is 2.87. The van der Waals surface area contributed by atoms with Crippen LogP contribution < -0.4 is 10.2 Å². The van der Waals surface area contributed by atoms with Crippen molar-refractivity contribution < 1.29 is 14.5 Å². The molecule has 1 aliphatic rings. The fourth-order valence-corrected chi connectivity index (χ4v) is 2.02. The number of hydrogen-bond acceptors (Lipinski definition) is 6. The molecule has 20 heavy (non-hydrogen) atoms. The summed E-state index contributed by atoms with van der Waals surface area (Å²) in [4.78, 5) is 39.0. The van der Waals surface area contributed by atoms with Gasteiger partial charge in [-0.2, -0.15) is 0 Å². The monoisotopic (exact) mass is 298 g/mol. The highest BCUT2D eigenvalue weighted by atomic mass is 35.5. The van der Waals surface area contributed by atoms with Gasteiger partial charge in [-0.15, -0.1) is 0 Å². The quantitative estimate of drug-likeness (QED) is 0.376. The van der Waals surface area contributed by atoms with Gasteiger partial charge in [-0.05, 0) is 19.9 Å². The molecule has 1 N–H and O–H groups in total. The Hall–Kier alpha value is -2.22. The molecule has 2 heterocycles. The summed E-state index contributed by atoms with van der Waals surface area (Å²) in [5.41, 5.74) is -1.47. The summed E-state index contributed by atoms with van der Waals surface area (Å²) in [6.07, 6.45) is 0. The molecule has 0 bridgehead atoms. The molecule has 0 unspecified atom stereocenters. The number of rotatable bonds is 2. The number of piperazine rings is 1. The van der Waals surface area contributed by atoms with Gasteiger partial charge < -0.3 is 4.90 Å². The summed E-state index contributed by atoms with van der Waals surface area (Å²) in [6, 6.07) is 2.47. The van der Waals surface area contributed by atoms with E-state index in [2.05, 4.69) is 10.3 Å². The van der Waals surface area contributed by atoms with E-state index in [4.69, 9.17) is 11.6 Å². The topological polar surface area (TPSA) is 105 Å². The molecule has 0 aliphatic carbocycles. The van der Waals surface area contributed by atoms with E-state index in [0.717, 1.165) is 0 Å². The first-order valence-electron chi connectivity index (χ1n) is 5.66. The Kier molecular flexibility index (Phi) is 3.34. The van der Waals surface area contributed by atoms with Crippen molar-refractivity contribution in [3.63, 3.8) is 0 Å². The van der Waals surface area contributed by atoms with E-state index in [1.54, 1.807) is 13.8 Å². The van der Waals surface area contributed by atoms with Gasteiger partial charge in [0.25, 0.3) is 5.91 Å². The van der Waals surface area contributed by atoms with Crippen molar-refractivity contribution in [2.75, 3.05) is 11.4 Å². The fraction of sp³-hybridized carbons (Fsp3) is 0.364. The molecule has 1 aromatic heterocycles. The van der Waals surface area contributed by atoms with E-state index in [9.17, 15) is 19.7 Å². The second-order valence-corrected chi connectivity index (χ2v) is 5.14. The van der Waals surface area contributed by atoms with Crippen molar-refractivity contribution >= 4 is 34.9 Å². The van der Waals surface area contributed by atoms with Gasteiger partial charge in [0.1, 0.15) is 17.2 Å². The van der Waals surface area contributed by atoms with Crippen LogP contribution in [0.15, 0.2) is 12.1 Å². The molecular formula is C11H11ClN4O4. The number of nitrogens with zero attached hydrogens (tertiary/aromatic N) is 3. The lowest BCUT2D eigenvalue weighted by atomic mass is 9.98. The number of anilines is 1. The molecule has 1 aromatic rings. The maximum Gasteiger partial charge on any atom is 0.311 e. The smallest absolute Gasteiger partial charge is 0.311 e. The second-order valence-electron chi connectivity index (χ2n) is 4.76. The summed E-state index contributed by atoms with van der Waals surface area (Å²) in [5.74, 6) is -1.20. The maximum absolute atomic E-state index is 11.9. The third-order valence-electron chi connectivity index (χ3n) is 3.06. The number of nitrogens with one attached hydrogen (secondary N) is 1. The number of imide groups is 1. The third kappa shape index (κ3) is 2.29. The minimum absolute atomic E-state index is 0.0415. The lowest BCUT2D eigenvalue weighted by molar-refractivity contribution is -0.384. The summed E-state index contributed by atoms with van der Waals surface area (Å²) < 4.78 is 0. The molecule has 0 radical (unpaired) electrons. The summed E-state index contributed by atoms with van der Waals surface area (Å²) >= 11 is 5.76. The van der Waals surface area contributed by atoms with Crippen LogP contribution in [0.1, 0.15) is 13.8 Å². The van der Waals surface area contributed by atoms with Crippen molar-refractivity contribution in [1.82, 2.24) is 10.3 Å². The third-order valence-corrected chi connectivity index (χ3v) is 3.27. The first-order chi connectivity index (χ1) is 9.23. The number of pyridine rings is 1. The van der Waals surface area contributed by atoms with Crippen LogP contribution in [0.4, 0.5) is 11.5 Å². The van der Waals surface area contributed by atoms with Gasteiger partial charge in [-0.3, -0.25) is 25.0 Å². The van der Waals surface area contributed by atoms with Crippen molar-refractivity contribution in [3.8, 4) is 0 Å². The second kappa shape index (κ2) is 4.71. The van der Waals surface area contributed by atoms with Crippen LogP contribution in [-0.4, -0.2) is 33.8 Å². The highest BCUT2D eigenvalue weighted by molar-refractivity contribution is 6.29. The SMILES string of the molecule is CC1(C)C(=O)NC(=O)CN1c1nc(Cl)ccc1[N+](=O)[O-]. The van der Waals surface area contributed by atoms with Crippen LogP contribution in [0.3, 0.4) is 0 Å². The zero-order valence-electron chi connectivity index (χ0n) is 10.7. The molecule has 0 atom stereocenters. The fourth-order valence-electron chi connectivity index (χ4n) is 1.88. The van der Waals surface area contributed by atoms with Crippen LogP contribution in [-0.2, 0) is 9.59 Å². The van der Waals surface area contributed by atoms with E-state index in [1.165, 1.54) is 17.0 Å². The van der Waals surface area contributed by atoms with Crippen molar-refractivity contribution in [3.05, 3.63) is 27.4 Å². The van der Waals surface area contributed by atoms with Crippen molar-refractivity contribution in [1.29, 1.82) is 0 Å². The molecule has 1 fully saturated rings. The molecule has 8 nitrogen and oxygen atoms in total. The van der Waals surface area contributed by atoms with Crippen LogP contribution in [0, 0.1) is 10.1 Å². The summed E-state index contributed by atoms with van der Waals surface area (Å²) in [7, 11) is 0. The molecular weight excluding hydrogens is 288 g/mol. The Bertz CT molecular complexity index is 616. The van der Waals surface area contributed by atoms with Gasteiger partial charge in [0.05, 0.1) is 4.92 Å². The highest BCUT2D eigenvalue weighted by Gasteiger charge is 2.44. The lowest BCUT2D eigenvalue weighted by Gasteiger charge is -2.40. The number of carbonyl (C=O) groups excluding carboxylic acids is 2. The predicted molar refractivity (Wildman–Crippen MR) is 70.5 cm³/mol. The highest BCUT2D eigenvalue weighted by Crippen LogP contribution is 2.33. The molecule has 0 spiro atoms. The number of nitro groups is 1. The molecule has 1 saturated heterocycles. The van der Waals surface area contributed by atoms with Gasteiger partial charge in [0.15, 0.2) is 0 Å². The maximum atomic E-state index is 11.9. The molecule has 9 heteroatoms. The zero-order valence-corrected chi connectivity index (χ0v) is 11.5. The standard InChI is InChI=1S/C11H11ClN4O4/c1-11(2)10(18)14-8(17)5-15(11)9-6(16(19)20)3-4-7(12)13-9/h3-4H,5H2,1-2H3,(H,14,17,18). The van der Waals surface area contributed by atoms with E-state index >= 15 is 0 Å². The molecule has 106 valence electrons. The Labute approximate surface area is 118 Å². The van der Waals surface area contributed by atoms with Gasteiger partial charge in [0.2, 0.25) is 11.7 Å². The zero-order chi connectivity index (χ0) is 15.1. The Morgan fingerprint density at radius 3 is 2.70 bits per heavy atom.